The number of carbonyl (C=O) groups excluding carboxylic acids is 1. The van der Waals surface area contributed by atoms with Crippen molar-refractivity contribution in [2.24, 2.45) is 5.92 Å². The zero-order valence-electron chi connectivity index (χ0n) is 15.6. The summed E-state index contributed by atoms with van der Waals surface area (Å²) in [7, 11) is 0. The van der Waals surface area contributed by atoms with Gasteiger partial charge in [-0.3, -0.25) is 9.69 Å². The summed E-state index contributed by atoms with van der Waals surface area (Å²) in [5.41, 5.74) is 4.61. The van der Waals surface area contributed by atoms with E-state index < -0.39 is 12.1 Å². The van der Waals surface area contributed by atoms with Crippen LogP contribution in [0.1, 0.15) is 23.5 Å². The number of rotatable bonds is 7. The lowest BCUT2D eigenvalue weighted by Gasteiger charge is -2.29. The van der Waals surface area contributed by atoms with Gasteiger partial charge >= 0.3 is 12.1 Å². The second-order valence-electron chi connectivity index (χ2n) is 7.43. The van der Waals surface area contributed by atoms with Gasteiger partial charge in [0, 0.05) is 12.5 Å². The molecule has 146 valence electrons. The first-order chi connectivity index (χ1) is 13.6. The van der Waals surface area contributed by atoms with E-state index in [9.17, 15) is 9.59 Å². The highest BCUT2D eigenvalue weighted by Gasteiger charge is 2.30. The fraction of sp³-hybridized carbons (Fsp3) is 0.364. The Bertz CT molecular complexity index is 833. The molecule has 1 aliphatic heterocycles. The lowest BCUT2D eigenvalue weighted by atomic mass is 9.98. The van der Waals surface area contributed by atoms with Crippen molar-refractivity contribution in [2.45, 2.75) is 12.3 Å². The predicted molar refractivity (Wildman–Crippen MR) is 105 cm³/mol. The number of nitrogens with zero attached hydrogens (tertiary/aromatic N) is 1. The van der Waals surface area contributed by atoms with Gasteiger partial charge in [-0.15, -0.1) is 0 Å². The lowest BCUT2D eigenvalue weighted by Crippen LogP contribution is -2.45. The van der Waals surface area contributed by atoms with Gasteiger partial charge < -0.3 is 15.2 Å². The average Bonchev–Trinajstić information content (AvgIpc) is 2.98. The van der Waals surface area contributed by atoms with Crippen LogP contribution in [0.2, 0.25) is 0 Å². The van der Waals surface area contributed by atoms with Crippen molar-refractivity contribution in [2.75, 3.05) is 32.8 Å². The van der Waals surface area contributed by atoms with Crippen LogP contribution in [0.15, 0.2) is 48.5 Å². The van der Waals surface area contributed by atoms with Gasteiger partial charge in [0.2, 0.25) is 0 Å². The topological polar surface area (TPSA) is 78.9 Å². The molecule has 4 rings (SSSR count). The fourth-order valence-corrected chi connectivity index (χ4v) is 3.97. The minimum atomic E-state index is -1.03. The molecule has 2 N–H and O–H groups in total. The summed E-state index contributed by atoms with van der Waals surface area (Å²) in [5.74, 6) is -0.559. The Morgan fingerprint density at radius 2 is 1.64 bits per heavy atom. The Labute approximate surface area is 164 Å². The quantitative estimate of drug-likeness (QED) is 0.772. The van der Waals surface area contributed by atoms with Crippen molar-refractivity contribution in [1.29, 1.82) is 0 Å². The van der Waals surface area contributed by atoms with Crippen LogP contribution in [0.25, 0.3) is 11.1 Å². The lowest BCUT2D eigenvalue weighted by molar-refractivity contribution is -0.138. The summed E-state index contributed by atoms with van der Waals surface area (Å²) in [6.07, 6.45) is 0.223. The highest BCUT2D eigenvalue weighted by Crippen LogP contribution is 2.44. The maximum absolute atomic E-state index is 12.6. The molecule has 0 spiro atoms. The minimum absolute atomic E-state index is 0.0288. The maximum Gasteiger partial charge on any atom is 0.410 e. The summed E-state index contributed by atoms with van der Waals surface area (Å²) in [6, 6.07) is 16.3. The van der Waals surface area contributed by atoms with Crippen molar-refractivity contribution in [1.82, 2.24) is 10.2 Å². The molecule has 1 fully saturated rings. The molecule has 6 heteroatoms. The largest absolute Gasteiger partial charge is 0.480 e. The van der Waals surface area contributed by atoms with Crippen LogP contribution >= 0.6 is 0 Å². The minimum Gasteiger partial charge on any atom is -0.480 e. The van der Waals surface area contributed by atoms with Gasteiger partial charge in [-0.05, 0) is 47.7 Å². The van der Waals surface area contributed by atoms with E-state index in [1.807, 2.05) is 24.3 Å². The number of hydrogen-bond donors (Lipinski definition) is 2. The Kier molecular flexibility index (Phi) is 5.30. The van der Waals surface area contributed by atoms with Gasteiger partial charge in [0.1, 0.15) is 13.2 Å². The van der Waals surface area contributed by atoms with E-state index in [4.69, 9.17) is 9.84 Å². The molecule has 1 amide bonds. The van der Waals surface area contributed by atoms with Gasteiger partial charge in [0.25, 0.3) is 0 Å². The zero-order chi connectivity index (χ0) is 19.5. The van der Waals surface area contributed by atoms with E-state index in [1.165, 1.54) is 16.0 Å². The van der Waals surface area contributed by atoms with Gasteiger partial charge in [-0.2, -0.15) is 0 Å². The van der Waals surface area contributed by atoms with Crippen LogP contribution in [0, 0.1) is 5.92 Å². The van der Waals surface area contributed by atoms with Crippen LogP contribution < -0.4 is 5.32 Å². The Morgan fingerprint density at radius 1 is 1.04 bits per heavy atom. The Balaban J connectivity index is 1.44. The van der Waals surface area contributed by atoms with Crippen LogP contribution in [0.4, 0.5) is 4.79 Å². The number of amides is 1. The number of carboxylic acid groups (broad SMARTS) is 1. The summed E-state index contributed by atoms with van der Waals surface area (Å²) < 4.78 is 5.59. The number of hydrogen-bond acceptors (Lipinski definition) is 4. The first-order valence-corrected chi connectivity index (χ1v) is 9.66. The predicted octanol–water partition coefficient (Wildman–Crippen LogP) is 2.93. The van der Waals surface area contributed by atoms with E-state index in [0.29, 0.717) is 12.5 Å². The third-order valence-corrected chi connectivity index (χ3v) is 5.59. The molecule has 28 heavy (non-hydrogen) atoms. The molecule has 0 atom stereocenters. The molecular formula is C22H24N2O4. The zero-order valence-corrected chi connectivity index (χ0v) is 15.6. The third-order valence-electron chi connectivity index (χ3n) is 5.59. The average molecular weight is 380 g/mol. The van der Waals surface area contributed by atoms with Crippen LogP contribution in [0.5, 0.6) is 0 Å². The first kappa shape index (κ1) is 18.5. The molecule has 0 radical (unpaired) electrons. The van der Waals surface area contributed by atoms with E-state index >= 15 is 0 Å². The molecule has 0 saturated carbocycles. The van der Waals surface area contributed by atoms with Crippen LogP contribution in [-0.2, 0) is 9.53 Å². The third kappa shape index (κ3) is 3.73. The number of fused-ring (bicyclic) bond motifs is 3. The number of carboxylic acids is 1. The molecule has 1 heterocycles. The number of ether oxygens (including phenoxy) is 1. The molecule has 0 bridgehead atoms. The molecule has 0 unspecified atom stereocenters. The molecule has 1 aliphatic carbocycles. The van der Waals surface area contributed by atoms with Crippen molar-refractivity contribution in [3.8, 4) is 11.1 Å². The molecule has 2 aliphatic rings. The number of aliphatic carboxylic acids is 1. The second kappa shape index (κ2) is 8.02. The van der Waals surface area contributed by atoms with Gasteiger partial charge in [0.15, 0.2) is 0 Å². The van der Waals surface area contributed by atoms with Crippen molar-refractivity contribution >= 4 is 12.1 Å². The van der Waals surface area contributed by atoms with E-state index in [-0.39, 0.29) is 19.1 Å². The normalized spacial score (nSPS) is 15.4. The van der Waals surface area contributed by atoms with E-state index in [2.05, 4.69) is 29.6 Å². The van der Waals surface area contributed by atoms with Gasteiger partial charge in [-0.25, -0.2) is 4.79 Å². The number of nitrogens with one attached hydrogen (secondary N) is 1. The second-order valence-corrected chi connectivity index (χ2v) is 7.43. The van der Waals surface area contributed by atoms with Crippen LogP contribution in [-0.4, -0.2) is 54.9 Å². The molecule has 2 aromatic rings. The molecule has 6 nitrogen and oxygen atoms in total. The van der Waals surface area contributed by atoms with Gasteiger partial charge in [0.05, 0.1) is 0 Å². The first-order valence-electron chi connectivity index (χ1n) is 9.66. The van der Waals surface area contributed by atoms with E-state index in [1.54, 1.807) is 0 Å². The summed E-state index contributed by atoms with van der Waals surface area (Å²) in [5, 5.41) is 12.3. The van der Waals surface area contributed by atoms with Crippen molar-refractivity contribution < 1.29 is 19.4 Å². The monoisotopic (exact) mass is 380 g/mol. The standard InChI is InChI=1S/C22H24N2O4/c25-21(26)13-24(10-9-15-11-23-12-15)22(27)28-14-20-18-7-3-1-5-16(18)17-6-2-4-8-19(17)20/h1-8,15,20,23H,9-14H2,(H,25,26). The highest BCUT2D eigenvalue weighted by atomic mass is 16.6. The fourth-order valence-electron chi connectivity index (χ4n) is 3.97. The smallest absolute Gasteiger partial charge is 0.410 e. The van der Waals surface area contributed by atoms with Crippen LogP contribution in [0.3, 0.4) is 0 Å². The molecular weight excluding hydrogens is 356 g/mol. The molecule has 2 aromatic carbocycles. The number of benzene rings is 2. The SMILES string of the molecule is O=C(O)CN(CCC1CNC1)C(=O)OCC1c2ccccc2-c2ccccc21. The molecule has 1 saturated heterocycles. The summed E-state index contributed by atoms with van der Waals surface area (Å²) >= 11 is 0. The molecule has 0 aromatic heterocycles. The Hall–Kier alpha value is -2.86. The van der Waals surface area contributed by atoms with Crippen molar-refractivity contribution in [3.05, 3.63) is 59.7 Å². The summed E-state index contributed by atoms with van der Waals surface area (Å²) in [4.78, 5) is 25.1. The highest BCUT2D eigenvalue weighted by molar-refractivity contribution is 5.79. The maximum atomic E-state index is 12.6. The van der Waals surface area contributed by atoms with Gasteiger partial charge in [-0.1, -0.05) is 48.5 Å². The van der Waals surface area contributed by atoms with E-state index in [0.717, 1.165) is 30.6 Å². The van der Waals surface area contributed by atoms with Crippen molar-refractivity contribution in [3.63, 3.8) is 0 Å². The summed E-state index contributed by atoms with van der Waals surface area (Å²) in [6.45, 7) is 2.11. The number of carbonyl (C=O) groups is 2. The Morgan fingerprint density at radius 3 is 2.18 bits per heavy atom.